The van der Waals surface area contributed by atoms with Crippen LogP contribution in [0.15, 0.2) is 42.6 Å². The van der Waals surface area contributed by atoms with Crippen LogP contribution in [0.25, 0.3) is 0 Å². The Labute approximate surface area is 171 Å². The Balaban J connectivity index is 1.42. The Morgan fingerprint density at radius 1 is 1.07 bits per heavy atom. The summed E-state index contributed by atoms with van der Waals surface area (Å²) >= 11 is 1.05. The zero-order valence-corrected chi connectivity index (χ0v) is 18.1. The first kappa shape index (κ1) is 20.6. The average Bonchev–Trinajstić information content (AvgIpc) is 2.99. The van der Waals surface area contributed by atoms with Gasteiger partial charge in [0.2, 0.25) is 5.91 Å². The molecule has 0 saturated carbocycles. The maximum atomic E-state index is 11.6. The van der Waals surface area contributed by atoms with E-state index in [0.29, 0.717) is 13.0 Å². The molecule has 1 aromatic heterocycles. The third-order valence-electron chi connectivity index (χ3n) is 4.54. The van der Waals surface area contributed by atoms with Crippen molar-refractivity contribution in [2.75, 3.05) is 6.61 Å². The van der Waals surface area contributed by atoms with Gasteiger partial charge >= 0.3 is 0 Å². The molecule has 1 radical (unpaired) electrons. The number of imide groups is 1. The summed E-state index contributed by atoms with van der Waals surface area (Å²) in [5, 5.41) is 1.71. The molecule has 1 N–H and O–H groups in total. The Morgan fingerprint density at radius 2 is 1.82 bits per heavy atom. The van der Waals surface area contributed by atoms with Crippen LogP contribution in [-0.4, -0.2) is 36.8 Å². The van der Waals surface area contributed by atoms with Crippen LogP contribution in [0, 0.1) is 0 Å². The van der Waals surface area contributed by atoms with Crippen LogP contribution in [0.4, 0.5) is 4.79 Å². The third kappa shape index (κ3) is 6.20. The molecular formula is C21H25N2O3SSi. The van der Waals surface area contributed by atoms with E-state index < -0.39 is 0 Å². The van der Waals surface area contributed by atoms with Gasteiger partial charge in [-0.15, -0.1) is 0 Å². The number of aryl methyl sites for hydroxylation is 1. The van der Waals surface area contributed by atoms with Crippen molar-refractivity contribution < 1.29 is 14.3 Å². The van der Waals surface area contributed by atoms with Gasteiger partial charge in [-0.05, 0) is 42.2 Å². The second-order valence-corrected chi connectivity index (χ2v) is 11.3. The summed E-state index contributed by atoms with van der Waals surface area (Å²) in [6.45, 7) is 5.24. The van der Waals surface area contributed by atoms with Crippen LogP contribution in [0.2, 0.25) is 19.1 Å². The van der Waals surface area contributed by atoms with Gasteiger partial charge in [0.15, 0.2) is 0 Å². The van der Waals surface area contributed by atoms with Gasteiger partial charge in [0.05, 0.1) is 11.9 Å². The number of ether oxygens (including phenoxy) is 1. The minimum atomic E-state index is -0.337. The Hall–Kier alpha value is -2.12. The second kappa shape index (κ2) is 9.89. The molecule has 1 aliphatic heterocycles. The van der Waals surface area contributed by atoms with E-state index in [1.807, 2.05) is 30.5 Å². The van der Waals surface area contributed by atoms with E-state index in [4.69, 9.17) is 4.74 Å². The zero-order valence-electron chi connectivity index (χ0n) is 16.2. The van der Waals surface area contributed by atoms with Gasteiger partial charge in [-0.2, -0.15) is 0 Å². The van der Waals surface area contributed by atoms with Crippen molar-refractivity contribution in [3.05, 3.63) is 59.4 Å². The van der Waals surface area contributed by atoms with Gasteiger partial charge in [0.1, 0.15) is 5.75 Å². The molecule has 1 aromatic carbocycles. The molecule has 0 bridgehead atoms. The quantitative estimate of drug-likeness (QED) is 0.632. The first-order valence-electron chi connectivity index (χ1n) is 9.45. The van der Waals surface area contributed by atoms with E-state index in [1.54, 1.807) is 0 Å². The lowest BCUT2D eigenvalue weighted by Gasteiger charge is -2.09. The number of pyridine rings is 1. The molecule has 2 amide bonds. The molecule has 1 atom stereocenters. The SMILES string of the molecule is C[Si](C)CCc1ccc(CCOc2ccc(CC3SC(=O)NC3=O)cc2)nc1. The molecule has 3 rings (SSSR count). The van der Waals surface area contributed by atoms with Gasteiger partial charge in [-0.1, -0.05) is 49.1 Å². The van der Waals surface area contributed by atoms with E-state index in [0.717, 1.165) is 41.6 Å². The number of carbonyl (C=O) groups excluding carboxylic acids is 2. The summed E-state index contributed by atoms with van der Waals surface area (Å²) in [6, 6.07) is 13.2. The highest BCUT2D eigenvalue weighted by Gasteiger charge is 2.31. The summed E-state index contributed by atoms with van der Waals surface area (Å²) < 4.78 is 5.81. The van der Waals surface area contributed by atoms with E-state index in [1.165, 1.54) is 11.6 Å². The first-order chi connectivity index (χ1) is 13.5. The van der Waals surface area contributed by atoms with Crippen molar-refractivity contribution >= 4 is 31.7 Å². The van der Waals surface area contributed by atoms with Crippen molar-refractivity contribution in [2.45, 2.75) is 43.7 Å². The predicted molar refractivity (Wildman–Crippen MR) is 114 cm³/mol. The molecule has 1 aliphatic rings. The van der Waals surface area contributed by atoms with Crippen molar-refractivity contribution in [3.8, 4) is 5.75 Å². The van der Waals surface area contributed by atoms with Crippen molar-refractivity contribution in [3.63, 3.8) is 0 Å². The molecule has 28 heavy (non-hydrogen) atoms. The highest BCUT2D eigenvalue weighted by atomic mass is 32.2. The van der Waals surface area contributed by atoms with E-state index >= 15 is 0 Å². The molecule has 0 aliphatic carbocycles. The molecule has 0 spiro atoms. The highest BCUT2D eigenvalue weighted by Crippen LogP contribution is 2.23. The van der Waals surface area contributed by atoms with Gasteiger partial charge in [0, 0.05) is 27.1 Å². The van der Waals surface area contributed by atoms with Gasteiger partial charge in [-0.25, -0.2) is 0 Å². The number of nitrogens with zero attached hydrogens (tertiary/aromatic N) is 1. The molecular weight excluding hydrogens is 388 g/mol. The zero-order chi connectivity index (χ0) is 19.9. The van der Waals surface area contributed by atoms with Crippen LogP contribution >= 0.6 is 11.8 Å². The Morgan fingerprint density at radius 3 is 2.43 bits per heavy atom. The standard InChI is InChI=1S/C21H25N2O3SSi/c1-28(2)12-10-16-3-6-17(22-14-16)9-11-26-18-7-4-15(5-8-18)13-19-20(24)23-21(25)27-19/h3-8,14,19H,9-13H2,1-2H3,(H,23,24,25). The topological polar surface area (TPSA) is 68.3 Å². The summed E-state index contributed by atoms with van der Waals surface area (Å²) in [5.41, 5.74) is 3.35. The second-order valence-electron chi connectivity index (χ2n) is 7.19. The number of thioether (sulfide) groups is 1. The van der Waals surface area contributed by atoms with E-state index in [9.17, 15) is 9.59 Å². The lowest BCUT2D eigenvalue weighted by atomic mass is 10.1. The Bertz CT molecular complexity index is 809. The van der Waals surface area contributed by atoms with Gasteiger partial charge < -0.3 is 4.74 Å². The third-order valence-corrected chi connectivity index (χ3v) is 6.77. The largest absolute Gasteiger partial charge is 0.493 e. The lowest BCUT2D eigenvalue weighted by Crippen LogP contribution is -2.25. The van der Waals surface area contributed by atoms with Crippen molar-refractivity contribution in [1.82, 2.24) is 10.3 Å². The minimum absolute atomic E-state index is 0.185. The van der Waals surface area contributed by atoms with Crippen LogP contribution in [-0.2, 0) is 24.1 Å². The summed E-state index contributed by atoms with van der Waals surface area (Å²) in [6.07, 6.45) is 4.40. The van der Waals surface area contributed by atoms with Gasteiger partial charge in [-0.3, -0.25) is 19.9 Å². The summed E-state index contributed by atoms with van der Waals surface area (Å²) in [7, 11) is -0.185. The van der Waals surface area contributed by atoms with Crippen molar-refractivity contribution in [1.29, 1.82) is 0 Å². The van der Waals surface area contributed by atoms with Crippen LogP contribution < -0.4 is 10.1 Å². The van der Waals surface area contributed by atoms with Crippen LogP contribution in [0.1, 0.15) is 16.8 Å². The lowest BCUT2D eigenvalue weighted by molar-refractivity contribution is -0.118. The van der Waals surface area contributed by atoms with E-state index in [2.05, 4.69) is 35.5 Å². The fourth-order valence-electron chi connectivity index (χ4n) is 2.88. The molecule has 5 nitrogen and oxygen atoms in total. The number of hydrogen-bond acceptors (Lipinski definition) is 5. The smallest absolute Gasteiger partial charge is 0.286 e. The highest BCUT2D eigenvalue weighted by molar-refractivity contribution is 8.15. The van der Waals surface area contributed by atoms with E-state index in [-0.39, 0.29) is 25.2 Å². The molecule has 147 valence electrons. The Kier molecular flexibility index (Phi) is 7.28. The molecule has 1 saturated heterocycles. The van der Waals surface area contributed by atoms with Crippen LogP contribution in [0.3, 0.4) is 0 Å². The van der Waals surface area contributed by atoms with Crippen LogP contribution in [0.5, 0.6) is 5.75 Å². The molecule has 1 fully saturated rings. The molecule has 1 unspecified atom stereocenters. The monoisotopic (exact) mass is 413 g/mol. The van der Waals surface area contributed by atoms with Gasteiger partial charge in [0.25, 0.3) is 5.24 Å². The number of nitrogens with one attached hydrogen (secondary N) is 1. The number of rotatable bonds is 9. The molecule has 2 heterocycles. The number of hydrogen-bond donors (Lipinski definition) is 1. The number of aromatic nitrogens is 1. The number of amides is 2. The maximum absolute atomic E-state index is 11.6. The minimum Gasteiger partial charge on any atom is -0.493 e. The fraction of sp³-hybridized carbons (Fsp3) is 0.381. The molecule has 2 aromatic rings. The maximum Gasteiger partial charge on any atom is 0.286 e. The number of carbonyl (C=O) groups is 2. The number of benzene rings is 1. The molecule has 7 heteroatoms. The van der Waals surface area contributed by atoms with Crippen molar-refractivity contribution in [2.24, 2.45) is 0 Å². The summed E-state index contributed by atoms with van der Waals surface area (Å²) in [5.74, 6) is 0.583. The fourth-order valence-corrected chi connectivity index (χ4v) is 4.53. The predicted octanol–water partition coefficient (Wildman–Crippen LogP) is 3.89. The average molecular weight is 414 g/mol. The normalized spacial score (nSPS) is 16.5. The first-order valence-corrected chi connectivity index (χ1v) is 13.0. The summed E-state index contributed by atoms with van der Waals surface area (Å²) in [4.78, 5) is 27.4.